The van der Waals surface area contributed by atoms with E-state index in [1.165, 1.54) is 5.69 Å². The molecule has 0 radical (unpaired) electrons. The molecule has 28 heavy (non-hydrogen) atoms. The number of benzene rings is 1. The first-order chi connectivity index (χ1) is 13.5. The number of anilines is 1. The first kappa shape index (κ1) is 19.1. The van der Waals surface area contributed by atoms with Crippen molar-refractivity contribution < 1.29 is 19.4 Å². The van der Waals surface area contributed by atoms with Gasteiger partial charge in [0.2, 0.25) is 5.91 Å². The zero-order chi connectivity index (χ0) is 19.7. The van der Waals surface area contributed by atoms with Crippen LogP contribution in [0.5, 0.6) is 5.75 Å². The Kier molecular flexibility index (Phi) is 5.19. The quantitative estimate of drug-likeness (QED) is 0.819. The SMILES string of the molecule is COc1ccc(N2CCC(N3CCC4(CC3)NC(=O)CC4C(=O)O)CC2)cc1. The minimum atomic E-state index is -0.848. The van der Waals surface area contributed by atoms with E-state index in [0.29, 0.717) is 6.04 Å². The summed E-state index contributed by atoms with van der Waals surface area (Å²) in [6.45, 7) is 3.76. The van der Waals surface area contributed by atoms with Gasteiger partial charge in [0.05, 0.1) is 18.6 Å². The number of nitrogens with zero attached hydrogens (tertiary/aromatic N) is 2. The molecule has 2 N–H and O–H groups in total. The summed E-state index contributed by atoms with van der Waals surface area (Å²) in [5.41, 5.74) is 0.693. The standard InChI is InChI=1S/C21H29N3O4/c1-28-17-4-2-15(3-5-17)23-10-6-16(7-11-23)24-12-8-21(9-13-24)18(20(26)27)14-19(25)22-21/h2-5,16,18H,6-14H2,1H3,(H,22,25)(H,26,27). The molecule has 1 aromatic carbocycles. The first-order valence-electron chi connectivity index (χ1n) is 10.2. The van der Waals surface area contributed by atoms with Gasteiger partial charge in [0, 0.05) is 44.3 Å². The summed E-state index contributed by atoms with van der Waals surface area (Å²) in [4.78, 5) is 28.3. The lowest BCUT2D eigenvalue weighted by Crippen LogP contribution is -2.58. The van der Waals surface area contributed by atoms with E-state index in [0.717, 1.165) is 57.6 Å². The third-order valence-electron chi connectivity index (χ3n) is 6.85. The number of carboxylic acid groups (broad SMARTS) is 1. The Hall–Kier alpha value is -2.28. The van der Waals surface area contributed by atoms with Crippen molar-refractivity contribution in [2.75, 3.05) is 38.2 Å². The van der Waals surface area contributed by atoms with Crippen molar-refractivity contribution in [3.63, 3.8) is 0 Å². The minimum absolute atomic E-state index is 0.117. The fourth-order valence-electron chi connectivity index (χ4n) is 5.16. The van der Waals surface area contributed by atoms with Gasteiger partial charge in [-0.1, -0.05) is 0 Å². The Labute approximate surface area is 165 Å². The van der Waals surface area contributed by atoms with E-state index in [-0.39, 0.29) is 12.3 Å². The van der Waals surface area contributed by atoms with Crippen LogP contribution in [0.2, 0.25) is 0 Å². The number of rotatable bonds is 4. The Morgan fingerprint density at radius 1 is 1.14 bits per heavy atom. The van der Waals surface area contributed by atoms with Gasteiger partial charge in [-0.25, -0.2) is 0 Å². The Bertz CT molecular complexity index is 720. The second-order valence-electron chi connectivity index (χ2n) is 8.25. The molecule has 1 unspecified atom stereocenters. The molecule has 3 saturated heterocycles. The van der Waals surface area contributed by atoms with E-state index in [1.807, 2.05) is 12.1 Å². The van der Waals surface area contributed by atoms with Crippen LogP contribution in [0.4, 0.5) is 5.69 Å². The highest BCUT2D eigenvalue weighted by Gasteiger charge is 2.52. The third kappa shape index (κ3) is 3.55. The molecule has 1 atom stereocenters. The normalized spacial score (nSPS) is 25.7. The third-order valence-corrected chi connectivity index (χ3v) is 6.85. The van der Waals surface area contributed by atoms with Crippen LogP contribution in [0.25, 0.3) is 0 Å². The van der Waals surface area contributed by atoms with E-state index in [4.69, 9.17) is 4.74 Å². The van der Waals surface area contributed by atoms with Gasteiger partial charge in [-0.15, -0.1) is 0 Å². The van der Waals surface area contributed by atoms with Crippen LogP contribution in [0.1, 0.15) is 32.1 Å². The maximum absolute atomic E-state index is 11.8. The predicted octanol–water partition coefficient (Wildman–Crippen LogP) is 1.72. The maximum atomic E-state index is 11.8. The van der Waals surface area contributed by atoms with Gasteiger partial charge in [-0.3, -0.25) is 9.59 Å². The summed E-state index contributed by atoms with van der Waals surface area (Å²) in [6, 6.07) is 8.75. The van der Waals surface area contributed by atoms with Crippen molar-refractivity contribution >= 4 is 17.6 Å². The van der Waals surface area contributed by atoms with E-state index in [9.17, 15) is 14.7 Å². The van der Waals surface area contributed by atoms with Gasteiger partial charge in [0.1, 0.15) is 5.75 Å². The topological polar surface area (TPSA) is 82.1 Å². The fraction of sp³-hybridized carbons (Fsp3) is 0.619. The molecule has 0 aromatic heterocycles. The number of hydrogen-bond donors (Lipinski definition) is 2. The van der Waals surface area contributed by atoms with Gasteiger partial charge in [-0.2, -0.15) is 0 Å². The number of amides is 1. The summed E-state index contributed by atoms with van der Waals surface area (Å²) >= 11 is 0. The van der Waals surface area contributed by atoms with Crippen LogP contribution in [0, 0.1) is 5.92 Å². The van der Waals surface area contributed by atoms with Crippen LogP contribution in [-0.4, -0.2) is 66.8 Å². The van der Waals surface area contributed by atoms with Gasteiger partial charge >= 0.3 is 5.97 Å². The molecule has 1 amide bonds. The number of aliphatic carboxylic acids is 1. The monoisotopic (exact) mass is 387 g/mol. The van der Waals surface area contributed by atoms with Crippen molar-refractivity contribution in [3.05, 3.63) is 24.3 Å². The number of ether oxygens (including phenoxy) is 1. The van der Waals surface area contributed by atoms with Crippen molar-refractivity contribution in [2.24, 2.45) is 5.92 Å². The van der Waals surface area contributed by atoms with Crippen molar-refractivity contribution in [3.8, 4) is 5.75 Å². The number of likely N-dealkylation sites (tertiary alicyclic amines) is 1. The number of carbonyl (C=O) groups excluding carboxylic acids is 1. The van der Waals surface area contributed by atoms with Crippen LogP contribution >= 0.6 is 0 Å². The number of nitrogens with one attached hydrogen (secondary N) is 1. The van der Waals surface area contributed by atoms with Crippen LogP contribution in [-0.2, 0) is 9.59 Å². The predicted molar refractivity (Wildman–Crippen MR) is 106 cm³/mol. The maximum Gasteiger partial charge on any atom is 0.309 e. The zero-order valence-corrected chi connectivity index (χ0v) is 16.4. The first-order valence-corrected chi connectivity index (χ1v) is 10.2. The average Bonchev–Trinajstić information content (AvgIpc) is 3.05. The van der Waals surface area contributed by atoms with Crippen molar-refractivity contribution in [2.45, 2.75) is 43.7 Å². The van der Waals surface area contributed by atoms with E-state index in [1.54, 1.807) is 7.11 Å². The second kappa shape index (κ2) is 7.62. The van der Waals surface area contributed by atoms with Gasteiger partial charge in [0.15, 0.2) is 0 Å². The van der Waals surface area contributed by atoms with Crippen LogP contribution in [0.15, 0.2) is 24.3 Å². The summed E-state index contributed by atoms with van der Waals surface area (Å²) < 4.78 is 5.23. The van der Waals surface area contributed by atoms with Gasteiger partial charge < -0.3 is 25.0 Å². The molecular weight excluding hydrogens is 358 g/mol. The molecule has 0 bridgehead atoms. The summed E-state index contributed by atoms with van der Waals surface area (Å²) in [5.74, 6) is -0.674. The van der Waals surface area contributed by atoms with Gasteiger partial charge in [0.25, 0.3) is 0 Å². The van der Waals surface area contributed by atoms with E-state index < -0.39 is 17.4 Å². The highest BCUT2D eigenvalue weighted by Crippen LogP contribution is 2.38. The lowest BCUT2D eigenvalue weighted by Gasteiger charge is -2.46. The molecule has 1 spiro atoms. The number of carbonyl (C=O) groups is 2. The zero-order valence-electron chi connectivity index (χ0n) is 16.4. The van der Waals surface area contributed by atoms with Crippen LogP contribution in [0.3, 0.4) is 0 Å². The molecule has 4 rings (SSSR count). The van der Waals surface area contributed by atoms with E-state index >= 15 is 0 Å². The summed E-state index contributed by atoms with van der Waals surface area (Å²) in [6.07, 6.45) is 3.79. The Morgan fingerprint density at radius 2 is 1.79 bits per heavy atom. The molecular formula is C21H29N3O4. The molecule has 3 aliphatic rings. The molecule has 3 aliphatic heterocycles. The second-order valence-corrected chi connectivity index (χ2v) is 8.25. The molecule has 3 fully saturated rings. The molecule has 7 heteroatoms. The Balaban J connectivity index is 1.31. The molecule has 1 aromatic rings. The molecule has 3 heterocycles. The lowest BCUT2D eigenvalue weighted by molar-refractivity contribution is -0.144. The van der Waals surface area contributed by atoms with Crippen molar-refractivity contribution in [1.82, 2.24) is 10.2 Å². The number of methoxy groups -OCH3 is 1. The fourth-order valence-corrected chi connectivity index (χ4v) is 5.16. The number of hydrogen-bond acceptors (Lipinski definition) is 5. The average molecular weight is 387 g/mol. The number of carboxylic acids is 1. The summed E-state index contributed by atoms with van der Waals surface area (Å²) in [5, 5.41) is 12.5. The van der Waals surface area contributed by atoms with E-state index in [2.05, 4.69) is 27.2 Å². The minimum Gasteiger partial charge on any atom is -0.497 e. The highest BCUT2D eigenvalue weighted by atomic mass is 16.5. The molecule has 0 saturated carbocycles. The van der Waals surface area contributed by atoms with Crippen molar-refractivity contribution in [1.29, 1.82) is 0 Å². The Morgan fingerprint density at radius 3 is 2.36 bits per heavy atom. The summed E-state index contributed by atoms with van der Waals surface area (Å²) in [7, 11) is 1.68. The highest BCUT2D eigenvalue weighted by molar-refractivity contribution is 5.88. The lowest BCUT2D eigenvalue weighted by atomic mass is 9.77. The smallest absolute Gasteiger partial charge is 0.309 e. The molecule has 7 nitrogen and oxygen atoms in total. The molecule has 0 aliphatic carbocycles. The number of piperidine rings is 2. The molecule has 152 valence electrons. The van der Waals surface area contributed by atoms with Crippen LogP contribution < -0.4 is 15.0 Å². The largest absolute Gasteiger partial charge is 0.497 e. The van der Waals surface area contributed by atoms with Gasteiger partial charge in [-0.05, 0) is 49.9 Å².